The molecule has 0 saturated heterocycles. The summed E-state index contributed by atoms with van der Waals surface area (Å²) < 4.78 is 7.22. The molecule has 0 aromatic carbocycles. The van der Waals surface area contributed by atoms with Crippen molar-refractivity contribution in [2.24, 2.45) is 0 Å². The van der Waals surface area contributed by atoms with Gasteiger partial charge in [-0.2, -0.15) is 0 Å². The number of ketones is 1. The van der Waals surface area contributed by atoms with Crippen LogP contribution in [-0.4, -0.2) is 27.9 Å². The molecule has 0 radical (unpaired) electrons. The molecule has 0 amide bonds. The Morgan fingerprint density at radius 2 is 2.12 bits per heavy atom. The molecule has 7 heteroatoms. The van der Waals surface area contributed by atoms with Crippen molar-refractivity contribution in [3.8, 4) is 5.13 Å². The van der Waals surface area contributed by atoms with Crippen molar-refractivity contribution in [2.45, 2.75) is 33.1 Å². The maximum atomic E-state index is 12.6. The molecule has 0 aliphatic heterocycles. The summed E-state index contributed by atoms with van der Waals surface area (Å²) in [6.07, 6.45) is 4.96. The Labute approximate surface area is 159 Å². The minimum atomic E-state index is -0.411. The van der Waals surface area contributed by atoms with Crippen molar-refractivity contribution in [2.75, 3.05) is 6.61 Å². The van der Waals surface area contributed by atoms with Crippen molar-refractivity contribution in [1.29, 1.82) is 0 Å². The van der Waals surface area contributed by atoms with E-state index in [2.05, 4.69) is 4.98 Å². The molecule has 5 nitrogen and oxygen atoms in total. The number of ether oxygens (including phenoxy) is 1. The quantitative estimate of drug-likeness (QED) is 0.488. The van der Waals surface area contributed by atoms with E-state index in [0.717, 1.165) is 35.8 Å². The number of carbonyl (C=O) groups is 2. The summed E-state index contributed by atoms with van der Waals surface area (Å²) in [7, 11) is 0. The number of Topliss-reactive ketones (excluding diaryl/α,β-unsaturated/α-hetero) is 1. The summed E-state index contributed by atoms with van der Waals surface area (Å²) in [6, 6.07) is 3.74. The molecule has 3 aromatic rings. The van der Waals surface area contributed by atoms with Crippen LogP contribution in [0, 0.1) is 13.8 Å². The van der Waals surface area contributed by atoms with Gasteiger partial charge in [-0.1, -0.05) is 0 Å². The number of fused-ring (bicyclic) bond motifs is 1. The maximum absolute atomic E-state index is 12.6. The van der Waals surface area contributed by atoms with Crippen LogP contribution in [0.2, 0.25) is 0 Å². The third-order valence-electron chi connectivity index (χ3n) is 4.62. The predicted molar refractivity (Wildman–Crippen MR) is 102 cm³/mol. The van der Waals surface area contributed by atoms with Crippen LogP contribution < -0.4 is 0 Å². The molecule has 0 bridgehead atoms. The monoisotopic (exact) mass is 386 g/mol. The fraction of sp³-hybridized carbons (Fsp3) is 0.316. The second kappa shape index (κ2) is 6.81. The number of aryl methyl sites for hydroxylation is 3. The van der Waals surface area contributed by atoms with Crippen LogP contribution in [0.15, 0.2) is 23.7 Å². The van der Waals surface area contributed by atoms with Crippen LogP contribution in [0.3, 0.4) is 0 Å². The Morgan fingerprint density at radius 1 is 1.27 bits per heavy atom. The second-order valence-corrected chi connectivity index (χ2v) is 8.36. The van der Waals surface area contributed by atoms with Crippen LogP contribution in [0.4, 0.5) is 0 Å². The molecular formula is C19H18N2O3S2. The smallest absolute Gasteiger partial charge is 0.348 e. The summed E-state index contributed by atoms with van der Waals surface area (Å²) in [5, 5.41) is 2.72. The summed E-state index contributed by atoms with van der Waals surface area (Å²) in [6.45, 7) is 3.57. The topological polar surface area (TPSA) is 61.2 Å². The molecule has 3 aromatic heterocycles. The van der Waals surface area contributed by atoms with Crippen LogP contribution in [0.5, 0.6) is 0 Å². The van der Waals surface area contributed by atoms with Gasteiger partial charge in [-0.25, -0.2) is 9.78 Å². The SMILES string of the molecule is Cc1cc(C(=O)COC(=O)c2cc3c(s2)CCC3)c(C)n1-c1nccs1. The van der Waals surface area contributed by atoms with Gasteiger partial charge < -0.3 is 4.74 Å². The van der Waals surface area contributed by atoms with E-state index in [-0.39, 0.29) is 12.4 Å². The van der Waals surface area contributed by atoms with E-state index in [1.165, 1.54) is 33.1 Å². The average Bonchev–Trinajstić information content (AvgIpc) is 3.35. The molecule has 134 valence electrons. The Hall–Kier alpha value is -2.25. The van der Waals surface area contributed by atoms with Gasteiger partial charge in [0.25, 0.3) is 0 Å². The number of rotatable bonds is 5. The Balaban J connectivity index is 1.47. The third-order valence-corrected chi connectivity index (χ3v) is 6.60. The molecule has 1 aliphatic carbocycles. The Bertz CT molecular complexity index is 962. The fourth-order valence-electron chi connectivity index (χ4n) is 3.38. The standard InChI is InChI=1S/C19H18N2O3S2/c1-11-8-14(12(2)21(11)19-20-6-7-25-19)15(22)10-24-18(23)17-9-13-4-3-5-16(13)26-17/h6-9H,3-5,10H2,1-2H3. The van der Waals surface area contributed by atoms with Crippen LogP contribution in [0.25, 0.3) is 5.13 Å². The minimum Gasteiger partial charge on any atom is -0.453 e. The molecule has 0 saturated carbocycles. The summed E-state index contributed by atoms with van der Waals surface area (Å²) in [5.41, 5.74) is 3.56. The number of esters is 1. The zero-order chi connectivity index (χ0) is 18.3. The molecule has 1 aliphatic rings. The number of aromatic nitrogens is 2. The zero-order valence-corrected chi connectivity index (χ0v) is 16.2. The van der Waals surface area contributed by atoms with Crippen LogP contribution in [0.1, 0.15) is 48.3 Å². The molecule has 0 fully saturated rings. The molecule has 0 unspecified atom stereocenters. The lowest BCUT2D eigenvalue weighted by Crippen LogP contribution is -2.14. The molecule has 0 N–H and O–H groups in total. The summed E-state index contributed by atoms with van der Waals surface area (Å²) >= 11 is 3.00. The number of hydrogen-bond donors (Lipinski definition) is 0. The van der Waals surface area contributed by atoms with Gasteiger partial charge in [-0.05, 0) is 50.8 Å². The first-order valence-corrected chi connectivity index (χ1v) is 10.1. The first-order chi connectivity index (χ1) is 12.5. The van der Waals surface area contributed by atoms with E-state index in [4.69, 9.17) is 4.74 Å². The van der Waals surface area contributed by atoms with Crippen molar-refractivity contribution in [1.82, 2.24) is 9.55 Å². The highest BCUT2D eigenvalue weighted by Gasteiger charge is 2.22. The minimum absolute atomic E-state index is 0.196. The highest BCUT2D eigenvalue weighted by molar-refractivity contribution is 7.14. The number of nitrogens with zero attached hydrogens (tertiary/aromatic N) is 2. The van der Waals surface area contributed by atoms with E-state index in [1.807, 2.05) is 35.9 Å². The van der Waals surface area contributed by atoms with Crippen molar-refractivity contribution in [3.63, 3.8) is 0 Å². The molecule has 4 rings (SSSR count). The largest absolute Gasteiger partial charge is 0.453 e. The van der Waals surface area contributed by atoms with Gasteiger partial charge in [0.15, 0.2) is 11.7 Å². The molecule has 0 spiro atoms. The normalized spacial score (nSPS) is 13.0. The number of thiazole rings is 1. The molecule has 0 atom stereocenters. The Kier molecular flexibility index (Phi) is 4.50. The van der Waals surface area contributed by atoms with E-state index in [0.29, 0.717) is 10.4 Å². The highest BCUT2D eigenvalue weighted by atomic mass is 32.1. The van der Waals surface area contributed by atoms with Gasteiger partial charge in [0.05, 0.1) is 0 Å². The van der Waals surface area contributed by atoms with Gasteiger partial charge in [0, 0.05) is 33.4 Å². The predicted octanol–water partition coefficient (Wildman–Crippen LogP) is 4.14. The van der Waals surface area contributed by atoms with Crippen molar-refractivity contribution < 1.29 is 14.3 Å². The number of hydrogen-bond acceptors (Lipinski definition) is 6. The number of thiophene rings is 1. The summed E-state index contributed by atoms with van der Waals surface area (Å²) in [4.78, 5) is 31.0. The first-order valence-electron chi connectivity index (χ1n) is 8.45. The molecule has 3 heterocycles. The van der Waals surface area contributed by atoms with E-state index < -0.39 is 5.97 Å². The van der Waals surface area contributed by atoms with Crippen LogP contribution in [-0.2, 0) is 17.6 Å². The average molecular weight is 386 g/mol. The van der Waals surface area contributed by atoms with E-state index >= 15 is 0 Å². The van der Waals surface area contributed by atoms with Crippen LogP contribution >= 0.6 is 22.7 Å². The van der Waals surface area contributed by atoms with E-state index in [1.54, 1.807) is 6.20 Å². The van der Waals surface area contributed by atoms with E-state index in [9.17, 15) is 9.59 Å². The van der Waals surface area contributed by atoms with Gasteiger partial charge in [-0.15, -0.1) is 22.7 Å². The lowest BCUT2D eigenvalue weighted by Gasteiger charge is -2.06. The maximum Gasteiger partial charge on any atom is 0.348 e. The van der Waals surface area contributed by atoms with Gasteiger partial charge >= 0.3 is 5.97 Å². The molecular weight excluding hydrogens is 368 g/mol. The lowest BCUT2D eigenvalue weighted by molar-refractivity contribution is 0.0479. The lowest BCUT2D eigenvalue weighted by atomic mass is 10.1. The van der Waals surface area contributed by atoms with Gasteiger partial charge in [-0.3, -0.25) is 9.36 Å². The second-order valence-electron chi connectivity index (χ2n) is 6.35. The van der Waals surface area contributed by atoms with Gasteiger partial charge in [0.2, 0.25) is 5.78 Å². The third kappa shape index (κ3) is 3.01. The summed E-state index contributed by atoms with van der Waals surface area (Å²) in [5.74, 6) is -0.607. The van der Waals surface area contributed by atoms with Crippen molar-refractivity contribution in [3.05, 3.63) is 56.0 Å². The first kappa shape index (κ1) is 17.2. The zero-order valence-electron chi connectivity index (χ0n) is 14.6. The highest BCUT2D eigenvalue weighted by Crippen LogP contribution is 2.31. The number of carbonyl (C=O) groups excluding carboxylic acids is 2. The van der Waals surface area contributed by atoms with Gasteiger partial charge in [0.1, 0.15) is 4.88 Å². The molecule has 26 heavy (non-hydrogen) atoms. The fourth-order valence-corrected chi connectivity index (χ4v) is 5.27. The Morgan fingerprint density at radius 3 is 2.85 bits per heavy atom. The van der Waals surface area contributed by atoms with Crippen molar-refractivity contribution >= 4 is 34.4 Å².